The summed E-state index contributed by atoms with van der Waals surface area (Å²) >= 11 is 5.68. The smallest absolute Gasteiger partial charge is 0.244 e. The molecule has 2 heterocycles. The highest BCUT2D eigenvalue weighted by molar-refractivity contribution is 7.89. The molecule has 106 valence electrons. The van der Waals surface area contributed by atoms with Crippen LogP contribution in [0.4, 0.5) is 0 Å². The van der Waals surface area contributed by atoms with E-state index in [1.165, 1.54) is 22.6 Å². The SMILES string of the molecule is CN1CCC(N(C)S(=O)(=O)c2ccc(Cl)nc2)CC1. The van der Waals surface area contributed by atoms with Gasteiger partial charge in [0.1, 0.15) is 10.0 Å². The maximum absolute atomic E-state index is 12.5. The van der Waals surface area contributed by atoms with Crippen molar-refractivity contribution < 1.29 is 8.42 Å². The van der Waals surface area contributed by atoms with Gasteiger partial charge < -0.3 is 4.90 Å². The van der Waals surface area contributed by atoms with Crippen LogP contribution >= 0.6 is 11.6 Å². The number of sulfonamides is 1. The summed E-state index contributed by atoms with van der Waals surface area (Å²) < 4.78 is 26.4. The zero-order chi connectivity index (χ0) is 14.0. The monoisotopic (exact) mass is 303 g/mol. The van der Waals surface area contributed by atoms with Crippen LogP contribution in [0.1, 0.15) is 12.8 Å². The van der Waals surface area contributed by atoms with Gasteiger partial charge in [-0.3, -0.25) is 0 Å². The number of hydrogen-bond acceptors (Lipinski definition) is 4. The molecule has 0 bridgehead atoms. The molecule has 1 fully saturated rings. The second-order valence-corrected chi connectivity index (χ2v) is 7.26. The molecule has 7 heteroatoms. The van der Waals surface area contributed by atoms with Crippen molar-refractivity contribution in [3.05, 3.63) is 23.5 Å². The molecule has 0 spiro atoms. The first kappa shape index (κ1) is 14.7. The topological polar surface area (TPSA) is 53.5 Å². The average molecular weight is 304 g/mol. The standard InChI is InChI=1S/C12H18ClN3O2S/c1-15-7-5-10(6-8-15)16(2)19(17,18)11-3-4-12(13)14-9-11/h3-4,9-10H,5-8H2,1-2H3. The van der Waals surface area contributed by atoms with Gasteiger partial charge in [-0.15, -0.1) is 0 Å². The summed E-state index contributed by atoms with van der Waals surface area (Å²) in [5.74, 6) is 0. The molecule has 5 nitrogen and oxygen atoms in total. The lowest BCUT2D eigenvalue weighted by Crippen LogP contribution is -2.44. The minimum absolute atomic E-state index is 0.0527. The van der Waals surface area contributed by atoms with Crippen molar-refractivity contribution in [2.75, 3.05) is 27.2 Å². The van der Waals surface area contributed by atoms with E-state index in [1.807, 2.05) is 7.05 Å². The van der Waals surface area contributed by atoms with Crippen molar-refractivity contribution >= 4 is 21.6 Å². The number of likely N-dealkylation sites (tertiary alicyclic amines) is 1. The van der Waals surface area contributed by atoms with Crippen molar-refractivity contribution in [1.29, 1.82) is 0 Å². The largest absolute Gasteiger partial charge is 0.306 e. The Labute approximate surface area is 119 Å². The number of halogens is 1. The van der Waals surface area contributed by atoms with Crippen molar-refractivity contribution in [2.24, 2.45) is 0 Å². The molecule has 1 aromatic heterocycles. The van der Waals surface area contributed by atoms with E-state index in [0.717, 1.165) is 25.9 Å². The molecule has 0 aromatic carbocycles. The second kappa shape index (κ2) is 5.75. The second-order valence-electron chi connectivity index (χ2n) is 4.87. The molecule has 0 amide bonds. The van der Waals surface area contributed by atoms with Crippen molar-refractivity contribution in [1.82, 2.24) is 14.2 Å². The fraction of sp³-hybridized carbons (Fsp3) is 0.583. The van der Waals surface area contributed by atoms with E-state index in [4.69, 9.17) is 11.6 Å². The Hall–Kier alpha value is -0.690. The minimum Gasteiger partial charge on any atom is -0.306 e. The molecule has 2 rings (SSSR count). The highest BCUT2D eigenvalue weighted by atomic mass is 35.5. The van der Waals surface area contributed by atoms with E-state index in [0.29, 0.717) is 5.15 Å². The van der Waals surface area contributed by atoms with Gasteiger partial charge in [-0.05, 0) is 45.1 Å². The highest BCUT2D eigenvalue weighted by Gasteiger charge is 2.30. The molecule has 1 aromatic rings. The van der Waals surface area contributed by atoms with Crippen LogP contribution in [0.15, 0.2) is 23.2 Å². The fourth-order valence-electron chi connectivity index (χ4n) is 2.24. The van der Waals surface area contributed by atoms with Crippen LogP contribution < -0.4 is 0 Å². The molecular weight excluding hydrogens is 286 g/mol. The van der Waals surface area contributed by atoms with E-state index in [9.17, 15) is 8.42 Å². The summed E-state index contributed by atoms with van der Waals surface area (Å²) in [7, 11) is 0.209. The predicted molar refractivity (Wildman–Crippen MR) is 74.7 cm³/mol. The Morgan fingerprint density at radius 1 is 1.37 bits per heavy atom. The fourth-order valence-corrected chi connectivity index (χ4v) is 3.71. The van der Waals surface area contributed by atoms with E-state index in [2.05, 4.69) is 9.88 Å². The minimum atomic E-state index is -3.48. The number of pyridine rings is 1. The summed E-state index contributed by atoms with van der Waals surface area (Å²) in [6.45, 7) is 1.84. The van der Waals surface area contributed by atoms with Gasteiger partial charge in [0.15, 0.2) is 0 Å². The van der Waals surface area contributed by atoms with E-state index in [-0.39, 0.29) is 10.9 Å². The molecule has 1 saturated heterocycles. The molecule has 0 atom stereocenters. The number of piperidine rings is 1. The van der Waals surface area contributed by atoms with Gasteiger partial charge in [0.05, 0.1) is 0 Å². The summed E-state index contributed by atoms with van der Waals surface area (Å²) in [5, 5.41) is 0.292. The van der Waals surface area contributed by atoms with Gasteiger partial charge in [0, 0.05) is 19.3 Å². The van der Waals surface area contributed by atoms with Crippen LogP contribution in [0, 0.1) is 0 Å². The Kier molecular flexibility index (Phi) is 4.45. The molecular formula is C12H18ClN3O2S. The molecule has 0 radical (unpaired) electrons. The Bertz CT molecular complexity index is 524. The van der Waals surface area contributed by atoms with Crippen LogP contribution in [0.3, 0.4) is 0 Å². The Morgan fingerprint density at radius 3 is 2.53 bits per heavy atom. The number of hydrogen-bond donors (Lipinski definition) is 0. The third-order valence-electron chi connectivity index (χ3n) is 3.58. The first-order valence-electron chi connectivity index (χ1n) is 6.19. The summed E-state index contributed by atoms with van der Waals surface area (Å²) in [5.41, 5.74) is 0. The molecule has 0 aliphatic carbocycles. The number of rotatable bonds is 3. The first-order chi connectivity index (χ1) is 8.91. The van der Waals surface area contributed by atoms with Gasteiger partial charge in [0.2, 0.25) is 10.0 Å². The molecule has 0 unspecified atom stereocenters. The van der Waals surface area contributed by atoms with Gasteiger partial charge in [-0.2, -0.15) is 4.31 Å². The Morgan fingerprint density at radius 2 is 2.00 bits per heavy atom. The van der Waals surface area contributed by atoms with Crippen molar-refractivity contribution in [3.63, 3.8) is 0 Å². The summed E-state index contributed by atoms with van der Waals surface area (Å²) in [6, 6.07) is 3.05. The van der Waals surface area contributed by atoms with Crippen LogP contribution in [-0.2, 0) is 10.0 Å². The average Bonchev–Trinajstić information content (AvgIpc) is 2.39. The normalized spacial score (nSPS) is 18.9. The lowest BCUT2D eigenvalue weighted by atomic mass is 10.1. The zero-order valence-corrected chi connectivity index (χ0v) is 12.7. The van der Waals surface area contributed by atoms with Crippen LogP contribution in [-0.4, -0.2) is 55.8 Å². The van der Waals surface area contributed by atoms with Gasteiger partial charge in [0.25, 0.3) is 0 Å². The predicted octanol–water partition coefficient (Wildman–Crippen LogP) is 1.45. The highest BCUT2D eigenvalue weighted by Crippen LogP contribution is 2.22. The maximum Gasteiger partial charge on any atom is 0.244 e. The van der Waals surface area contributed by atoms with Gasteiger partial charge in [-0.25, -0.2) is 13.4 Å². The summed E-state index contributed by atoms with van der Waals surface area (Å²) in [4.78, 5) is 6.24. The van der Waals surface area contributed by atoms with Crippen molar-refractivity contribution in [2.45, 2.75) is 23.8 Å². The van der Waals surface area contributed by atoms with Crippen LogP contribution in [0.25, 0.3) is 0 Å². The lowest BCUT2D eigenvalue weighted by Gasteiger charge is -2.34. The molecule has 0 N–H and O–H groups in total. The van der Waals surface area contributed by atoms with E-state index >= 15 is 0 Å². The number of aromatic nitrogens is 1. The summed E-state index contributed by atoms with van der Waals surface area (Å²) in [6.07, 6.45) is 3.02. The maximum atomic E-state index is 12.5. The Balaban J connectivity index is 2.17. The van der Waals surface area contributed by atoms with Gasteiger partial charge >= 0.3 is 0 Å². The van der Waals surface area contributed by atoms with Crippen LogP contribution in [0.2, 0.25) is 5.15 Å². The zero-order valence-electron chi connectivity index (χ0n) is 11.1. The lowest BCUT2D eigenvalue weighted by molar-refractivity contribution is 0.197. The van der Waals surface area contributed by atoms with Gasteiger partial charge in [-0.1, -0.05) is 11.6 Å². The third kappa shape index (κ3) is 3.25. The van der Waals surface area contributed by atoms with Crippen LogP contribution in [0.5, 0.6) is 0 Å². The number of nitrogens with zero attached hydrogens (tertiary/aromatic N) is 3. The molecule has 1 aliphatic heterocycles. The molecule has 1 aliphatic rings. The van der Waals surface area contributed by atoms with E-state index < -0.39 is 10.0 Å². The van der Waals surface area contributed by atoms with E-state index in [1.54, 1.807) is 7.05 Å². The quantitative estimate of drug-likeness (QED) is 0.793. The first-order valence-corrected chi connectivity index (χ1v) is 8.01. The molecule has 19 heavy (non-hydrogen) atoms. The molecule has 0 saturated carbocycles. The third-order valence-corrected chi connectivity index (χ3v) is 5.70. The van der Waals surface area contributed by atoms with Crippen molar-refractivity contribution in [3.8, 4) is 0 Å².